The second kappa shape index (κ2) is 4.22. The van der Waals surface area contributed by atoms with Crippen LogP contribution < -0.4 is 5.32 Å². The zero-order chi connectivity index (χ0) is 11.8. The average Bonchev–Trinajstić information content (AvgIpc) is 2.58. The van der Waals surface area contributed by atoms with Crippen LogP contribution in [0.4, 0.5) is 4.79 Å². The van der Waals surface area contributed by atoms with Crippen LogP contribution in [0.2, 0.25) is 0 Å². The summed E-state index contributed by atoms with van der Waals surface area (Å²) in [4.78, 5) is 13.6. The predicted molar refractivity (Wildman–Crippen MR) is 59.1 cm³/mol. The van der Waals surface area contributed by atoms with Crippen molar-refractivity contribution in [1.82, 2.24) is 10.2 Å². The first-order valence-corrected chi connectivity index (χ1v) is 5.79. The van der Waals surface area contributed by atoms with E-state index in [-0.39, 0.29) is 18.2 Å². The molecule has 2 rings (SSSR count). The van der Waals surface area contributed by atoms with Crippen LogP contribution in [0.25, 0.3) is 0 Å². The Kier molecular flexibility index (Phi) is 3.08. The molecule has 2 unspecified atom stereocenters. The van der Waals surface area contributed by atoms with E-state index in [1.54, 1.807) is 4.90 Å². The standard InChI is InChI=1S/C11H20N2O3/c1-11(2,3)16-10(14)13-7-15-9-4-5-12-6-8(9)13/h8-9,12H,4-7H2,1-3H3. The van der Waals surface area contributed by atoms with Gasteiger partial charge in [0.15, 0.2) is 0 Å². The van der Waals surface area contributed by atoms with Crippen molar-refractivity contribution in [3.05, 3.63) is 0 Å². The lowest BCUT2D eigenvalue weighted by atomic mass is 10.0. The third-order valence-corrected chi connectivity index (χ3v) is 2.84. The number of carbonyl (C=O) groups is 1. The Hall–Kier alpha value is -0.810. The van der Waals surface area contributed by atoms with Crippen molar-refractivity contribution in [2.45, 2.75) is 44.9 Å². The summed E-state index contributed by atoms with van der Waals surface area (Å²) in [6.45, 7) is 7.73. The van der Waals surface area contributed by atoms with Gasteiger partial charge in [-0.05, 0) is 33.7 Å². The highest BCUT2D eigenvalue weighted by Gasteiger charge is 2.41. The van der Waals surface area contributed by atoms with Gasteiger partial charge in [0.1, 0.15) is 12.3 Å². The summed E-state index contributed by atoms with van der Waals surface area (Å²) in [5, 5.41) is 3.27. The number of carbonyl (C=O) groups excluding carboxylic acids is 1. The van der Waals surface area contributed by atoms with Crippen LogP contribution in [0, 0.1) is 0 Å². The quantitative estimate of drug-likeness (QED) is 0.670. The summed E-state index contributed by atoms with van der Waals surface area (Å²) >= 11 is 0. The molecule has 2 atom stereocenters. The first kappa shape index (κ1) is 11.7. The number of ether oxygens (including phenoxy) is 2. The van der Waals surface area contributed by atoms with Crippen LogP contribution in [0.5, 0.6) is 0 Å². The van der Waals surface area contributed by atoms with Crippen molar-refractivity contribution < 1.29 is 14.3 Å². The van der Waals surface area contributed by atoms with E-state index in [0.717, 1.165) is 19.5 Å². The number of hydrogen-bond donors (Lipinski definition) is 1. The predicted octanol–water partition coefficient (Wildman–Crippen LogP) is 0.942. The van der Waals surface area contributed by atoms with Crippen LogP contribution in [-0.4, -0.2) is 48.6 Å². The molecule has 2 heterocycles. The molecule has 0 aromatic carbocycles. The number of fused-ring (bicyclic) bond motifs is 1. The summed E-state index contributed by atoms with van der Waals surface area (Å²) in [7, 11) is 0. The zero-order valence-corrected chi connectivity index (χ0v) is 10.2. The molecule has 1 N–H and O–H groups in total. The minimum absolute atomic E-state index is 0.128. The van der Waals surface area contributed by atoms with Gasteiger partial charge in [-0.1, -0.05) is 0 Å². The maximum atomic E-state index is 11.9. The van der Waals surface area contributed by atoms with Crippen LogP contribution in [0.15, 0.2) is 0 Å². The van der Waals surface area contributed by atoms with E-state index in [2.05, 4.69) is 5.32 Å². The lowest BCUT2D eigenvalue weighted by molar-refractivity contribution is 0.0157. The van der Waals surface area contributed by atoms with E-state index < -0.39 is 5.60 Å². The Labute approximate surface area is 96.1 Å². The second-order valence-corrected chi connectivity index (χ2v) is 5.34. The fourth-order valence-electron chi connectivity index (χ4n) is 2.10. The fourth-order valence-corrected chi connectivity index (χ4v) is 2.10. The van der Waals surface area contributed by atoms with Gasteiger partial charge in [-0.25, -0.2) is 4.79 Å². The molecular formula is C11H20N2O3. The zero-order valence-electron chi connectivity index (χ0n) is 10.2. The molecule has 0 aromatic heterocycles. The molecule has 92 valence electrons. The second-order valence-electron chi connectivity index (χ2n) is 5.34. The molecule has 2 saturated heterocycles. The molecular weight excluding hydrogens is 208 g/mol. The number of hydrogen-bond acceptors (Lipinski definition) is 4. The summed E-state index contributed by atoms with van der Waals surface area (Å²) < 4.78 is 10.9. The Morgan fingerprint density at radius 3 is 2.94 bits per heavy atom. The number of rotatable bonds is 0. The Balaban J connectivity index is 1.97. The van der Waals surface area contributed by atoms with Gasteiger partial charge >= 0.3 is 6.09 Å². The van der Waals surface area contributed by atoms with Gasteiger partial charge in [-0.15, -0.1) is 0 Å². The summed E-state index contributed by atoms with van der Waals surface area (Å²) in [5.74, 6) is 0. The highest BCUT2D eigenvalue weighted by atomic mass is 16.6. The smallest absolute Gasteiger partial charge is 0.412 e. The molecule has 2 fully saturated rings. The molecule has 0 radical (unpaired) electrons. The topological polar surface area (TPSA) is 50.8 Å². The lowest BCUT2D eigenvalue weighted by Gasteiger charge is -2.31. The molecule has 1 amide bonds. The van der Waals surface area contributed by atoms with Crippen molar-refractivity contribution >= 4 is 6.09 Å². The summed E-state index contributed by atoms with van der Waals surface area (Å²) in [6, 6.07) is 0.128. The van der Waals surface area contributed by atoms with Gasteiger partial charge in [0.25, 0.3) is 0 Å². The van der Waals surface area contributed by atoms with Crippen molar-refractivity contribution in [3.63, 3.8) is 0 Å². The highest BCUT2D eigenvalue weighted by Crippen LogP contribution is 2.24. The van der Waals surface area contributed by atoms with Crippen molar-refractivity contribution in [1.29, 1.82) is 0 Å². The SMILES string of the molecule is CC(C)(C)OC(=O)N1COC2CCNCC21. The minimum atomic E-state index is -0.447. The molecule has 16 heavy (non-hydrogen) atoms. The van der Waals surface area contributed by atoms with Crippen molar-refractivity contribution in [2.75, 3.05) is 19.8 Å². The highest BCUT2D eigenvalue weighted by molar-refractivity contribution is 5.68. The lowest BCUT2D eigenvalue weighted by Crippen LogP contribution is -2.51. The molecule has 5 heteroatoms. The Morgan fingerprint density at radius 1 is 1.50 bits per heavy atom. The van der Waals surface area contributed by atoms with Gasteiger partial charge in [0.2, 0.25) is 0 Å². The van der Waals surface area contributed by atoms with Crippen LogP contribution in [0.1, 0.15) is 27.2 Å². The Bertz CT molecular complexity index is 275. The number of nitrogens with one attached hydrogen (secondary N) is 1. The molecule has 0 bridgehead atoms. The van der Waals surface area contributed by atoms with Crippen LogP contribution >= 0.6 is 0 Å². The van der Waals surface area contributed by atoms with E-state index in [1.165, 1.54) is 0 Å². The first-order chi connectivity index (χ1) is 7.47. The minimum Gasteiger partial charge on any atom is -0.444 e. The monoisotopic (exact) mass is 228 g/mol. The van der Waals surface area contributed by atoms with Gasteiger partial charge in [-0.2, -0.15) is 0 Å². The molecule has 0 aromatic rings. The van der Waals surface area contributed by atoms with Gasteiger partial charge in [0, 0.05) is 6.54 Å². The molecule has 2 aliphatic heterocycles. The largest absolute Gasteiger partial charge is 0.444 e. The first-order valence-electron chi connectivity index (χ1n) is 5.79. The van der Waals surface area contributed by atoms with E-state index in [4.69, 9.17) is 9.47 Å². The maximum absolute atomic E-state index is 11.9. The normalized spacial score (nSPS) is 30.1. The molecule has 0 saturated carbocycles. The van der Waals surface area contributed by atoms with Gasteiger partial charge in [-0.3, -0.25) is 4.90 Å². The van der Waals surface area contributed by atoms with E-state index in [0.29, 0.717) is 6.73 Å². The summed E-state index contributed by atoms with van der Waals surface area (Å²) in [6.07, 6.45) is 0.863. The average molecular weight is 228 g/mol. The van der Waals surface area contributed by atoms with Crippen molar-refractivity contribution in [2.24, 2.45) is 0 Å². The van der Waals surface area contributed by atoms with Gasteiger partial charge in [0.05, 0.1) is 12.1 Å². The molecule has 5 nitrogen and oxygen atoms in total. The molecule has 2 aliphatic rings. The number of piperidine rings is 1. The van der Waals surface area contributed by atoms with Gasteiger partial charge < -0.3 is 14.8 Å². The maximum Gasteiger partial charge on any atom is 0.412 e. The third-order valence-electron chi connectivity index (χ3n) is 2.84. The fraction of sp³-hybridized carbons (Fsp3) is 0.909. The number of nitrogens with zero attached hydrogens (tertiary/aromatic N) is 1. The molecule has 0 aliphatic carbocycles. The van der Waals surface area contributed by atoms with E-state index >= 15 is 0 Å². The van der Waals surface area contributed by atoms with Crippen molar-refractivity contribution in [3.8, 4) is 0 Å². The van der Waals surface area contributed by atoms with E-state index in [9.17, 15) is 4.79 Å². The van der Waals surface area contributed by atoms with Crippen LogP contribution in [0.3, 0.4) is 0 Å². The van der Waals surface area contributed by atoms with E-state index in [1.807, 2.05) is 20.8 Å². The van der Waals surface area contributed by atoms with Crippen LogP contribution in [-0.2, 0) is 9.47 Å². The third kappa shape index (κ3) is 2.47. The molecule has 0 spiro atoms. The Morgan fingerprint density at radius 2 is 2.25 bits per heavy atom. The summed E-state index contributed by atoms with van der Waals surface area (Å²) in [5.41, 5.74) is -0.447. The number of amides is 1.